The third kappa shape index (κ3) is 4.61. The first-order valence-electron chi connectivity index (χ1n) is 12.0. The molecule has 5 aromatic rings. The van der Waals surface area contributed by atoms with Crippen LogP contribution in [0.15, 0.2) is 72.0 Å². The summed E-state index contributed by atoms with van der Waals surface area (Å²) in [7, 11) is 0. The number of carbonyl (C=O) groups is 2. The molecule has 2 aromatic carbocycles. The number of pyridine rings is 1. The van der Waals surface area contributed by atoms with E-state index in [1.807, 2.05) is 0 Å². The predicted octanol–water partition coefficient (Wildman–Crippen LogP) is 4.11. The van der Waals surface area contributed by atoms with Gasteiger partial charge in [0.05, 0.1) is 10.9 Å². The first-order valence-corrected chi connectivity index (χ1v) is 12.0. The number of nitrogens with one attached hydrogen (secondary N) is 2. The summed E-state index contributed by atoms with van der Waals surface area (Å²) in [4.78, 5) is 50.6. The number of hydrogen-bond donors (Lipinski definition) is 4. The van der Waals surface area contributed by atoms with Gasteiger partial charge in [-0.1, -0.05) is 24.3 Å². The van der Waals surface area contributed by atoms with E-state index in [9.17, 15) is 18.8 Å². The van der Waals surface area contributed by atoms with Crippen molar-refractivity contribution in [2.75, 3.05) is 11.1 Å². The minimum absolute atomic E-state index is 0.0653. The van der Waals surface area contributed by atoms with Crippen molar-refractivity contribution < 1.29 is 14.0 Å². The molecule has 0 aliphatic rings. The van der Waals surface area contributed by atoms with E-state index in [1.165, 1.54) is 41.4 Å². The lowest BCUT2D eigenvalue weighted by molar-refractivity contribution is 0.0983. The van der Waals surface area contributed by atoms with Crippen molar-refractivity contribution in [2.45, 2.75) is 19.9 Å². The van der Waals surface area contributed by atoms with Gasteiger partial charge in [-0.15, -0.1) is 0 Å². The number of nitrogens with zero attached hydrogens (tertiary/aromatic N) is 3. The van der Waals surface area contributed by atoms with E-state index in [2.05, 4.69) is 20.3 Å². The first kappa shape index (κ1) is 25.3. The first-order chi connectivity index (χ1) is 18.7. The molecule has 0 aliphatic carbocycles. The van der Waals surface area contributed by atoms with Gasteiger partial charge in [0.2, 0.25) is 5.43 Å². The van der Waals surface area contributed by atoms with Crippen LogP contribution in [-0.2, 0) is 0 Å². The van der Waals surface area contributed by atoms with E-state index in [4.69, 9.17) is 11.5 Å². The molecule has 0 saturated heterocycles. The van der Waals surface area contributed by atoms with Gasteiger partial charge in [0.25, 0.3) is 11.8 Å². The fraction of sp³-hybridized carbons (Fsp3) is 0.107. The Balaban J connectivity index is 1.53. The topological polar surface area (TPSA) is 162 Å². The monoisotopic (exact) mass is 525 g/mol. The number of aromatic nitrogens is 4. The maximum atomic E-state index is 13.6. The Kier molecular flexibility index (Phi) is 6.40. The van der Waals surface area contributed by atoms with Gasteiger partial charge in [0.1, 0.15) is 34.9 Å². The van der Waals surface area contributed by atoms with Crippen molar-refractivity contribution >= 4 is 34.4 Å². The molecule has 0 aliphatic heterocycles. The standard InChI is InChI=1S/C28H24FN7O3/c1-14(2)36-12-20(24(37)21(23(36)26(31)38)16-3-7-17(29)8-4-16)28(39)35-18-9-5-15(6-10-18)19-11-32-27-22(19)25(30)33-13-34-27/h3-14H,1-2H3,(H2,31,38)(H,35,39)(H3,30,32,33,34). The molecule has 0 atom stereocenters. The minimum atomic E-state index is -0.842. The van der Waals surface area contributed by atoms with E-state index in [0.717, 1.165) is 11.1 Å². The fourth-order valence-corrected chi connectivity index (χ4v) is 4.48. The molecule has 3 heterocycles. The predicted molar refractivity (Wildman–Crippen MR) is 147 cm³/mol. The molecular formula is C28H24FN7O3. The van der Waals surface area contributed by atoms with Gasteiger partial charge in [-0.25, -0.2) is 14.4 Å². The largest absolute Gasteiger partial charge is 0.383 e. The molecule has 10 nitrogen and oxygen atoms in total. The summed E-state index contributed by atoms with van der Waals surface area (Å²) in [5.74, 6) is -1.69. The molecule has 196 valence electrons. The summed E-state index contributed by atoms with van der Waals surface area (Å²) in [5.41, 5.74) is 13.6. The Morgan fingerprint density at radius 3 is 2.33 bits per heavy atom. The fourth-order valence-electron chi connectivity index (χ4n) is 4.48. The highest BCUT2D eigenvalue weighted by atomic mass is 19.1. The highest BCUT2D eigenvalue weighted by Gasteiger charge is 2.25. The second kappa shape index (κ2) is 9.86. The van der Waals surface area contributed by atoms with Crippen LogP contribution in [0.3, 0.4) is 0 Å². The van der Waals surface area contributed by atoms with Crippen molar-refractivity contribution in [3.05, 3.63) is 94.5 Å². The Morgan fingerprint density at radius 2 is 1.69 bits per heavy atom. The zero-order valence-electron chi connectivity index (χ0n) is 21.0. The molecule has 39 heavy (non-hydrogen) atoms. The van der Waals surface area contributed by atoms with Crippen LogP contribution in [0.4, 0.5) is 15.9 Å². The second-order valence-corrected chi connectivity index (χ2v) is 9.18. The van der Waals surface area contributed by atoms with Crippen LogP contribution < -0.4 is 22.2 Å². The van der Waals surface area contributed by atoms with E-state index < -0.39 is 23.1 Å². The van der Waals surface area contributed by atoms with Crippen LogP contribution in [0, 0.1) is 5.82 Å². The summed E-state index contributed by atoms with van der Waals surface area (Å²) in [5, 5.41) is 3.42. The average Bonchev–Trinajstić information content (AvgIpc) is 3.34. The summed E-state index contributed by atoms with van der Waals surface area (Å²) in [6.45, 7) is 3.57. The molecule has 0 unspecified atom stereocenters. The molecule has 11 heteroatoms. The normalized spacial score (nSPS) is 11.2. The lowest BCUT2D eigenvalue weighted by atomic mass is 9.99. The lowest BCUT2D eigenvalue weighted by Gasteiger charge is -2.20. The number of nitrogens with two attached hydrogens (primary N) is 2. The van der Waals surface area contributed by atoms with Gasteiger partial charge >= 0.3 is 0 Å². The van der Waals surface area contributed by atoms with Crippen LogP contribution in [0.1, 0.15) is 40.7 Å². The molecular weight excluding hydrogens is 501 g/mol. The molecule has 0 fully saturated rings. The number of anilines is 2. The SMILES string of the molecule is CC(C)n1cc(C(=O)Nc2ccc(-c3c[nH]c4ncnc(N)c34)cc2)c(=O)c(-c2ccc(F)cc2)c1C(N)=O. The van der Waals surface area contributed by atoms with Gasteiger partial charge < -0.3 is 26.3 Å². The average molecular weight is 526 g/mol. The van der Waals surface area contributed by atoms with Crippen molar-refractivity contribution in [2.24, 2.45) is 5.73 Å². The number of rotatable bonds is 6. The van der Waals surface area contributed by atoms with E-state index in [0.29, 0.717) is 22.5 Å². The highest BCUT2D eigenvalue weighted by molar-refractivity contribution is 6.07. The van der Waals surface area contributed by atoms with E-state index in [1.54, 1.807) is 44.3 Å². The van der Waals surface area contributed by atoms with Crippen LogP contribution in [-0.4, -0.2) is 31.3 Å². The highest BCUT2D eigenvalue weighted by Crippen LogP contribution is 2.31. The molecule has 0 bridgehead atoms. The smallest absolute Gasteiger partial charge is 0.266 e. The molecule has 0 radical (unpaired) electrons. The number of amides is 2. The Hall–Kier alpha value is -5.32. The Morgan fingerprint density at radius 1 is 1.03 bits per heavy atom. The number of fused-ring (bicyclic) bond motifs is 1. The quantitative estimate of drug-likeness (QED) is 0.261. The Bertz CT molecular complexity index is 1790. The van der Waals surface area contributed by atoms with Crippen LogP contribution >= 0.6 is 0 Å². The van der Waals surface area contributed by atoms with Crippen LogP contribution in [0.2, 0.25) is 0 Å². The zero-order valence-corrected chi connectivity index (χ0v) is 21.0. The van der Waals surface area contributed by atoms with E-state index >= 15 is 0 Å². The van der Waals surface area contributed by atoms with Gasteiger partial charge in [-0.2, -0.15) is 0 Å². The lowest BCUT2D eigenvalue weighted by Crippen LogP contribution is -2.31. The van der Waals surface area contributed by atoms with Crippen LogP contribution in [0.5, 0.6) is 0 Å². The molecule has 6 N–H and O–H groups in total. The number of benzene rings is 2. The molecule has 2 amide bonds. The molecule has 5 rings (SSSR count). The summed E-state index contributed by atoms with van der Waals surface area (Å²) < 4.78 is 15.1. The number of nitrogen functional groups attached to an aromatic ring is 1. The number of hydrogen-bond acceptors (Lipinski definition) is 6. The number of primary amides is 1. The molecule has 0 saturated carbocycles. The third-order valence-electron chi connectivity index (χ3n) is 6.36. The van der Waals surface area contributed by atoms with Crippen molar-refractivity contribution in [3.8, 4) is 22.3 Å². The number of halogens is 1. The molecule has 0 spiro atoms. The third-order valence-corrected chi connectivity index (χ3v) is 6.36. The van der Waals surface area contributed by atoms with Gasteiger partial charge in [0, 0.05) is 29.7 Å². The summed E-state index contributed by atoms with van der Waals surface area (Å²) >= 11 is 0. The molecule has 3 aromatic heterocycles. The minimum Gasteiger partial charge on any atom is -0.383 e. The number of aromatic amines is 1. The van der Waals surface area contributed by atoms with Gasteiger partial charge in [0.15, 0.2) is 0 Å². The van der Waals surface area contributed by atoms with Gasteiger partial charge in [-0.3, -0.25) is 14.4 Å². The Labute approximate surface area is 221 Å². The van der Waals surface area contributed by atoms with Crippen molar-refractivity contribution in [1.29, 1.82) is 0 Å². The van der Waals surface area contributed by atoms with Gasteiger partial charge in [-0.05, 0) is 49.2 Å². The number of H-pyrrole nitrogens is 1. The maximum absolute atomic E-state index is 13.6. The number of carbonyl (C=O) groups excluding carboxylic acids is 2. The summed E-state index contributed by atoms with van der Waals surface area (Å²) in [6.07, 6.45) is 4.47. The second-order valence-electron chi connectivity index (χ2n) is 9.18. The maximum Gasteiger partial charge on any atom is 0.266 e. The van der Waals surface area contributed by atoms with E-state index in [-0.39, 0.29) is 28.4 Å². The zero-order chi connectivity index (χ0) is 27.8. The summed E-state index contributed by atoms with van der Waals surface area (Å²) in [6, 6.07) is 11.7. The van der Waals surface area contributed by atoms with Crippen molar-refractivity contribution in [3.63, 3.8) is 0 Å². The van der Waals surface area contributed by atoms with Crippen LogP contribution in [0.25, 0.3) is 33.3 Å². The van der Waals surface area contributed by atoms with Crippen molar-refractivity contribution in [1.82, 2.24) is 19.5 Å².